The van der Waals surface area contributed by atoms with Crippen molar-refractivity contribution >= 4 is 11.6 Å². The van der Waals surface area contributed by atoms with Crippen molar-refractivity contribution in [2.75, 3.05) is 25.0 Å². The Bertz CT molecular complexity index is 748. The van der Waals surface area contributed by atoms with Gasteiger partial charge in [0.15, 0.2) is 0 Å². The molecule has 2 aliphatic heterocycles. The van der Waals surface area contributed by atoms with E-state index in [1.54, 1.807) is 0 Å². The van der Waals surface area contributed by atoms with Crippen LogP contribution >= 0.6 is 0 Å². The van der Waals surface area contributed by atoms with Gasteiger partial charge in [-0.25, -0.2) is 0 Å². The molecule has 0 bridgehead atoms. The Morgan fingerprint density at radius 1 is 0.962 bits per heavy atom. The third kappa shape index (κ3) is 3.99. The second kappa shape index (κ2) is 8.05. The lowest BCUT2D eigenvalue weighted by atomic mass is 9.89. The fraction of sp³-hybridized carbons (Fsp3) is 0.435. The number of hydrogen-bond acceptors (Lipinski definition) is 2. The van der Waals surface area contributed by atoms with E-state index in [1.807, 2.05) is 6.07 Å². The molecule has 0 saturated carbocycles. The number of benzene rings is 2. The third-order valence-corrected chi connectivity index (χ3v) is 5.93. The summed E-state index contributed by atoms with van der Waals surface area (Å²) >= 11 is 0. The molecule has 4 rings (SSSR count). The first-order chi connectivity index (χ1) is 12.8. The van der Waals surface area contributed by atoms with Crippen LogP contribution in [-0.2, 0) is 17.6 Å². The summed E-state index contributed by atoms with van der Waals surface area (Å²) in [6.45, 7) is 3.60. The molecule has 2 aliphatic rings. The van der Waals surface area contributed by atoms with E-state index in [0.29, 0.717) is 6.42 Å². The van der Waals surface area contributed by atoms with Gasteiger partial charge >= 0.3 is 0 Å². The van der Waals surface area contributed by atoms with Crippen LogP contribution in [0.1, 0.15) is 48.3 Å². The average molecular weight is 348 g/mol. The molecule has 0 aliphatic carbocycles. The minimum Gasteiger partial charge on any atom is -0.326 e. The van der Waals surface area contributed by atoms with Gasteiger partial charge in [0.1, 0.15) is 0 Å². The summed E-state index contributed by atoms with van der Waals surface area (Å²) in [5, 5.41) is 3.01. The van der Waals surface area contributed by atoms with Crippen LogP contribution in [0.4, 0.5) is 5.69 Å². The van der Waals surface area contributed by atoms with Crippen LogP contribution in [-0.4, -0.2) is 30.4 Å². The number of nitrogens with one attached hydrogen (secondary N) is 1. The van der Waals surface area contributed by atoms with Crippen LogP contribution in [0, 0.1) is 0 Å². The van der Waals surface area contributed by atoms with Gasteiger partial charge < -0.3 is 10.2 Å². The van der Waals surface area contributed by atoms with Crippen molar-refractivity contribution in [1.82, 2.24) is 4.90 Å². The van der Waals surface area contributed by atoms with E-state index in [9.17, 15) is 4.79 Å². The highest BCUT2D eigenvalue weighted by Gasteiger charge is 2.21. The number of piperidine rings is 1. The Morgan fingerprint density at radius 2 is 1.77 bits per heavy atom. The minimum absolute atomic E-state index is 0.149. The molecule has 2 aromatic rings. The van der Waals surface area contributed by atoms with Crippen molar-refractivity contribution < 1.29 is 4.79 Å². The van der Waals surface area contributed by atoms with Gasteiger partial charge in [0.05, 0.1) is 0 Å². The zero-order valence-electron chi connectivity index (χ0n) is 15.4. The normalized spacial score (nSPS) is 18.4. The smallest absolute Gasteiger partial charge is 0.224 e. The SMILES string of the molecule is O=C1CCc2c(CCCN3CCC(c4ccccc4)CC3)cccc2N1. The van der Waals surface area contributed by atoms with E-state index in [0.717, 1.165) is 24.4 Å². The Balaban J connectivity index is 1.26. The molecule has 0 spiro atoms. The quantitative estimate of drug-likeness (QED) is 0.869. The topological polar surface area (TPSA) is 32.3 Å². The molecule has 0 atom stereocenters. The first-order valence-corrected chi connectivity index (χ1v) is 9.97. The summed E-state index contributed by atoms with van der Waals surface area (Å²) in [4.78, 5) is 14.2. The molecule has 3 heteroatoms. The van der Waals surface area contributed by atoms with Crippen molar-refractivity contribution in [1.29, 1.82) is 0 Å². The fourth-order valence-corrected chi connectivity index (χ4v) is 4.44. The number of fused-ring (bicyclic) bond motifs is 1. The number of rotatable bonds is 5. The lowest BCUT2D eigenvalue weighted by Gasteiger charge is -2.32. The zero-order valence-corrected chi connectivity index (χ0v) is 15.4. The Kier molecular flexibility index (Phi) is 5.35. The maximum Gasteiger partial charge on any atom is 0.224 e. The number of likely N-dealkylation sites (tertiary alicyclic amines) is 1. The van der Waals surface area contributed by atoms with Gasteiger partial charge in [0.2, 0.25) is 5.91 Å². The number of anilines is 1. The fourth-order valence-electron chi connectivity index (χ4n) is 4.44. The summed E-state index contributed by atoms with van der Waals surface area (Å²) in [6, 6.07) is 17.3. The summed E-state index contributed by atoms with van der Waals surface area (Å²) in [5.41, 5.74) is 5.31. The summed E-state index contributed by atoms with van der Waals surface area (Å²) < 4.78 is 0. The number of aryl methyl sites for hydroxylation is 1. The van der Waals surface area contributed by atoms with Crippen LogP contribution in [0.5, 0.6) is 0 Å². The third-order valence-electron chi connectivity index (χ3n) is 5.93. The lowest BCUT2D eigenvalue weighted by Crippen LogP contribution is -2.33. The molecule has 26 heavy (non-hydrogen) atoms. The highest BCUT2D eigenvalue weighted by molar-refractivity contribution is 5.94. The van der Waals surface area contributed by atoms with Crippen LogP contribution in [0.25, 0.3) is 0 Å². The first-order valence-electron chi connectivity index (χ1n) is 9.97. The van der Waals surface area contributed by atoms with Crippen molar-refractivity contribution in [2.45, 2.75) is 44.4 Å². The van der Waals surface area contributed by atoms with Crippen LogP contribution in [0.3, 0.4) is 0 Å². The average Bonchev–Trinajstić information content (AvgIpc) is 2.69. The van der Waals surface area contributed by atoms with Crippen molar-refractivity contribution in [3.63, 3.8) is 0 Å². The molecule has 0 radical (unpaired) electrons. The monoisotopic (exact) mass is 348 g/mol. The second-order valence-corrected chi connectivity index (χ2v) is 7.62. The van der Waals surface area contributed by atoms with E-state index < -0.39 is 0 Å². The van der Waals surface area contributed by atoms with Gasteiger partial charge in [-0.2, -0.15) is 0 Å². The number of carbonyl (C=O) groups is 1. The summed E-state index contributed by atoms with van der Waals surface area (Å²) in [7, 11) is 0. The molecular formula is C23H28N2O. The van der Waals surface area contributed by atoms with E-state index in [2.05, 4.69) is 52.7 Å². The molecule has 0 aromatic heterocycles. The number of carbonyl (C=O) groups excluding carboxylic acids is 1. The van der Waals surface area contributed by atoms with E-state index in [-0.39, 0.29) is 5.91 Å². The molecule has 136 valence electrons. The maximum absolute atomic E-state index is 11.6. The molecule has 0 unspecified atom stereocenters. The van der Waals surface area contributed by atoms with Gasteiger partial charge in [-0.05, 0) is 80.4 Å². The molecular weight excluding hydrogens is 320 g/mol. The summed E-state index contributed by atoms with van der Waals surface area (Å²) in [5.74, 6) is 0.883. The lowest BCUT2D eigenvalue weighted by molar-refractivity contribution is -0.116. The van der Waals surface area contributed by atoms with E-state index in [1.165, 1.54) is 55.6 Å². The number of nitrogens with zero attached hydrogens (tertiary/aromatic N) is 1. The Labute approximate surface area is 156 Å². The van der Waals surface area contributed by atoms with Gasteiger partial charge in [0.25, 0.3) is 0 Å². The van der Waals surface area contributed by atoms with Gasteiger partial charge in [-0.3, -0.25) is 4.79 Å². The highest BCUT2D eigenvalue weighted by atomic mass is 16.1. The highest BCUT2D eigenvalue weighted by Crippen LogP contribution is 2.29. The van der Waals surface area contributed by atoms with Crippen molar-refractivity contribution in [3.8, 4) is 0 Å². The van der Waals surface area contributed by atoms with Crippen LogP contribution in [0.15, 0.2) is 48.5 Å². The molecule has 2 heterocycles. The predicted octanol–water partition coefficient (Wildman–Crippen LogP) is 4.38. The standard InChI is InChI=1S/C23H28N2O/c26-23-12-11-21-20(8-4-10-22(21)24-23)9-5-15-25-16-13-19(14-17-25)18-6-2-1-3-7-18/h1-4,6-8,10,19H,5,9,11-17H2,(H,24,26). The van der Waals surface area contributed by atoms with Gasteiger partial charge in [-0.15, -0.1) is 0 Å². The predicted molar refractivity (Wildman–Crippen MR) is 107 cm³/mol. The van der Waals surface area contributed by atoms with Gasteiger partial charge in [-0.1, -0.05) is 42.5 Å². The van der Waals surface area contributed by atoms with Crippen molar-refractivity contribution in [3.05, 3.63) is 65.2 Å². The van der Waals surface area contributed by atoms with Crippen molar-refractivity contribution in [2.24, 2.45) is 0 Å². The number of amides is 1. The van der Waals surface area contributed by atoms with E-state index >= 15 is 0 Å². The summed E-state index contributed by atoms with van der Waals surface area (Å²) in [6.07, 6.45) is 6.36. The van der Waals surface area contributed by atoms with Crippen LogP contribution < -0.4 is 5.32 Å². The van der Waals surface area contributed by atoms with Gasteiger partial charge in [0, 0.05) is 12.1 Å². The molecule has 1 saturated heterocycles. The molecule has 2 aromatic carbocycles. The molecule has 1 N–H and O–H groups in total. The second-order valence-electron chi connectivity index (χ2n) is 7.62. The largest absolute Gasteiger partial charge is 0.326 e. The Hall–Kier alpha value is -2.13. The van der Waals surface area contributed by atoms with E-state index in [4.69, 9.17) is 0 Å². The first kappa shape index (κ1) is 17.3. The van der Waals surface area contributed by atoms with Crippen LogP contribution in [0.2, 0.25) is 0 Å². The molecule has 1 amide bonds. The Morgan fingerprint density at radius 3 is 2.58 bits per heavy atom. The molecule has 1 fully saturated rings. The number of hydrogen-bond donors (Lipinski definition) is 1. The minimum atomic E-state index is 0.149. The zero-order chi connectivity index (χ0) is 17.8. The molecule has 3 nitrogen and oxygen atoms in total. The maximum atomic E-state index is 11.6.